The molecule has 2 unspecified atom stereocenters. The van der Waals surface area contributed by atoms with Crippen LogP contribution in [0.3, 0.4) is 0 Å². The molecule has 2 aromatic rings. The van der Waals surface area contributed by atoms with E-state index in [9.17, 15) is 4.79 Å². The highest BCUT2D eigenvalue weighted by atomic mass is 16.6. The first-order valence-electron chi connectivity index (χ1n) is 9.97. The van der Waals surface area contributed by atoms with Gasteiger partial charge in [0.2, 0.25) is 5.91 Å². The number of anilines is 1. The number of hydrogen-bond acceptors (Lipinski definition) is 4. The Morgan fingerprint density at radius 2 is 1.93 bits per heavy atom. The fourth-order valence-electron chi connectivity index (χ4n) is 4.73. The molecule has 1 spiro atoms. The van der Waals surface area contributed by atoms with Gasteiger partial charge >= 0.3 is 0 Å². The molecule has 3 heterocycles. The highest BCUT2D eigenvalue weighted by Crippen LogP contribution is 2.53. The number of nitrogens with one attached hydrogen (secondary N) is 1. The van der Waals surface area contributed by atoms with Crippen LogP contribution in [0.15, 0.2) is 36.4 Å². The summed E-state index contributed by atoms with van der Waals surface area (Å²) in [5.74, 6) is 2.03. The molecule has 0 saturated carbocycles. The maximum absolute atomic E-state index is 13.0. The molecule has 3 aliphatic heterocycles. The van der Waals surface area contributed by atoms with Gasteiger partial charge in [-0.05, 0) is 24.1 Å². The SMILES string of the molecule is CCCC(C)(C)C1COc2cc3c(cc2O1)C1(CO3)C(=O)Nc2ccccc21. The summed E-state index contributed by atoms with van der Waals surface area (Å²) in [6, 6.07) is 11.6. The quantitative estimate of drug-likeness (QED) is 0.865. The van der Waals surface area contributed by atoms with Crippen LogP contribution in [-0.2, 0) is 10.2 Å². The molecule has 2 aromatic carbocycles. The molecule has 5 rings (SSSR count). The standard InChI is InChI=1S/C23H25NO4/c1-4-9-22(2,3)20-12-26-18-11-17-15(10-19(18)28-20)23(13-27-17)14-7-5-6-8-16(14)24-21(23)25/h5-8,10-11,20H,4,9,12-13H2,1-3H3,(H,24,25). The molecule has 0 fully saturated rings. The van der Waals surface area contributed by atoms with Crippen molar-refractivity contribution in [2.24, 2.45) is 5.41 Å². The number of benzene rings is 2. The number of rotatable bonds is 3. The highest BCUT2D eigenvalue weighted by molar-refractivity contribution is 6.09. The van der Waals surface area contributed by atoms with E-state index >= 15 is 0 Å². The van der Waals surface area contributed by atoms with Gasteiger partial charge in [0.25, 0.3) is 0 Å². The molecule has 2 atom stereocenters. The van der Waals surface area contributed by atoms with E-state index in [1.807, 2.05) is 36.4 Å². The number of fused-ring (bicyclic) bond motifs is 5. The minimum atomic E-state index is -0.823. The Bertz CT molecular complexity index is 967. The van der Waals surface area contributed by atoms with Gasteiger partial charge in [-0.3, -0.25) is 4.79 Å². The van der Waals surface area contributed by atoms with Gasteiger partial charge in [0.1, 0.15) is 30.5 Å². The Balaban J connectivity index is 1.58. The molecule has 1 amide bonds. The molecule has 0 aliphatic carbocycles. The lowest BCUT2D eigenvalue weighted by Gasteiger charge is -2.37. The maximum Gasteiger partial charge on any atom is 0.243 e. The summed E-state index contributed by atoms with van der Waals surface area (Å²) in [7, 11) is 0. The lowest BCUT2D eigenvalue weighted by Crippen LogP contribution is -2.42. The topological polar surface area (TPSA) is 56.8 Å². The Morgan fingerprint density at radius 3 is 2.75 bits per heavy atom. The van der Waals surface area contributed by atoms with Crippen molar-refractivity contribution in [2.75, 3.05) is 18.5 Å². The monoisotopic (exact) mass is 379 g/mol. The molecule has 0 bridgehead atoms. The number of carbonyl (C=O) groups excluding carboxylic acids is 1. The third-order valence-corrected chi connectivity index (χ3v) is 6.40. The van der Waals surface area contributed by atoms with E-state index in [1.165, 1.54) is 0 Å². The Hall–Kier alpha value is -2.69. The Labute approximate surface area is 165 Å². The summed E-state index contributed by atoms with van der Waals surface area (Å²) in [6.07, 6.45) is 2.13. The van der Waals surface area contributed by atoms with E-state index in [1.54, 1.807) is 0 Å². The number of amides is 1. The second kappa shape index (κ2) is 5.90. The van der Waals surface area contributed by atoms with Crippen molar-refractivity contribution in [2.45, 2.75) is 45.1 Å². The summed E-state index contributed by atoms with van der Waals surface area (Å²) < 4.78 is 18.4. The number of para-hydroxylation sites is 1. The third-order valence-electron chi connectivity index (χ3n) is 6.40. The fraction of sp³-hybridized carbons (Fsp3) is 0.435. The van der Waals surface area contributed by atoms with Gasteiger partial charge in [-0.2, -0.15) is 0 Å². The molecular weight excluding hydrogens is 354 g/mol. The average molecular weight is 379 g/mol. The van der Waals surface area contributed by atoms with Crippen molar-refractivity contribution in [3.8, 4) is 17.2 Å². The van der Waals surface area contributed by atoms with E-state index in [4.69, 9.17) is 14.2 Å². The first kappa shape index (κ1) is 17.4. The predicted octanol–water partition coefficient (Wildman–Crippen LogP) is 4.28. The second-order valence-corrected chi connectivity index (χ2v) is 8.64. The lowest BCUT2D eigenvalue weighted by molar-refractivity contribution is -0.119. The van der Waals surface area contributed by atoms with Crippen LogP contribution in [0.1, 0.15) is 44.7 Å². The Morgan fingerprint density at radius 1 is 1.11 bits per heavy atom. The summed E-state index contributed by atoms with van der Waals surface area (Å²) in [5.41, 5.74) is 1.85. The van der Waals surface area contributed by atoms with Crippen LogP contribution in [0.5, 0.6) is 17.2 Å². The van der Waals surface area contributed by atoms with Crippen LogP contribution in [0.25, 0.3) is 0 Å². The van der Waals surface area contributed by atoms with Gasteiger partial charge < -0.3 is 19.5 Å². The third kappa shape index (κ3) is 2.28. The average Bonchev–Trinajstić information content (AvgIpc) is 3.19. The molecule has 0 radical (unpaired) electrons. The van der Waals surface area contributed by atoms with Gasteiger partial charge in [0, 0.05) is 22.7 Å². The highest BCUT2D eigenvalue weighted by Gasteiger charge is 2.54. The molecule has 1 N–H and O–H groups in total. The van der Waals surface area contributed by atoms with E-state index < -0.39 is 5.41 Å². The molecule has 28 heavy (non-hydrogen) atoms. The minimum Gasteiger partial charge on any atom is -0.491 e. The maximum atomic E-state index is 13.0. The smallest absolute Gasteiger partial charge is 0.243 e. The second-order valence-electron chi connectivity index (χ2n) is 8.64. The summed E-state index contributed by atoms with van der Waals surface area (Å²) in [5, 5.41) is 3.01. The predicted molar refractivity (Wildman–Crippen MR) is 106 cm³/mol. The van der Waals surface area contributed by atoms with Gasteiger partial charge in [0.15, 0.2) is 11.5 Å². The van der Waals surface area contributed by atoms with Gasteiger partial charge in [-0.25, -0.2) is 0 Å². The van der Waals surface area contributed by atoms with E-state index in [0.29, 0.717) is 30.5 Å². The molecule has 0 aromatic heterocycles. The number of carbonyl (C=O) groups is 1. The number of hydrogen-bond donors (Lipinski definition) is 1. The molecule has 0 saturated heterocycles. The number of ether oxygens (including phenoxy) is 3. The van der Waals surface area contributed by atoms with Crippen LogP contribution in [0, 0.1) is 5.41 Å². The first-order chi connectivity index (χ1) is 13.5. The summed E-state index contributed by atoms with van der Waals surface area (Å²) in [4.78, 5) is 13.0. The summed E-state index contributed by atoms with van der Waals surface area (Å²) >= 11 is 0. The van der Waals surface area contributed by atoms with E-state index in [-0.39, 0.29) is 17.4 Å². The zero-order valence-electron chi connectivity index (χ0n) is 16.5. The van der Waals surface area contributed by atoms with Gasteiger partial charge in [0.05, 0.1) is 0 Å². The largest absolute Gasteiger partial charge is 0.491 e. The zero-order chi connectivity index (χ0) is 19.5. The van der Waals surface area contributed by atoms with E-state index in [2.05, 4.69) is 26.1 Å². The van der Waals surface area contributed by atoms with Crippen LogP contribution >= 0.6 is 0 Å². The van der Waals surface area contributed by atoms with Crippen molar-refractivity contribution in [3.63, 3.8) is 0 Å². The normalized spacial score (nSPS) is 24.5. The minimum absolute atomic E-state index is 0.0109. The molecule has 3 aliphatic rings. The van der Waals surface area contributed by atoms with Gasteiger partial charge in [-0.15, -0.1) is 0 Å². The van der Waals surface area contributed by atoms with Crippen LogP contribution in [-0.4, -0.2) is 25.2 Å². The molecule has 5 nitrogen and oxygen atoms in total. The molecule has 146 valence electrons. The first-order valence-corrected chi connectivity index (χ1v) is 9.97. The van der Waals surface area contributed by atoms with Crippen molar-refractivity contribution >= 4 is 11.6 Å². The van der Waals surface area contributed by atoms with Crippen molar-refractivity contribution < 1.29 is 19.0 Å². The van der Waals surface area contributed by atoms with Gasteiger partial charge in [-0.1, -0.05) is 45.4 Å². The zero-order valence-corrected chi connectivity index (χ0v) is 16.5. The van der Waals surface area contributed by atoms with Crippen LogP contribution < -0.4 is 19.5 Å². The van der Waals surface area contributed by atoms with Crippen LogP contribution in [0.2, 0.25) is 0 Å². The van der Waals surface area contributed by atoms with Crippen LogP contribution in [0.4, 0.5) is 5.69 Å². The fourth-order valence-corrected chi connectivity index (χ4v) is 4.73. The molecule has 5 heteroatoms. The Kier molecular flexibility index (Phi) is 3.67. The molecular formula is C23H25NO4. The van der Waals surface area contributed by atoms with E-state index in [0.717, 1.165) is 29.7 Å². The summed E-state index contributed by atoms with van der Waals surface area (Å²) in [6.45, 7) is 7.43. The lowest BCUT2D eigenvalue weighted by atomic mass is 9.77. The van der Waals surface area contributed by atoms with Crippen molar-refractivity contribution in [1.29, 1.82) is 0 Å². The van der Waals surface area contributed by atoms with Crippen molar-refractivity contribution in [1.82, 2.24) is 0 Å². The van der Waals surface area contributed by atoms with Crippen molar-refractivity contribution in [3.05, 3.63) is 47.5 Å².